The molecule has 0 aliphatic heterocycles. The highest BCUT2D eigenvalue weighted by atomic mass is 79.9. The summed E-state index contributed by atoms with van der Waals surface area (Å²) in [7, 11) is 0. The minimum absolute atomic E-state index is 0.335. The fraction of sp³-hybridized carbons (Fsp3) is 0.214. The van der Waals surface area contributed by atoms with Crippen molar-refractivity contribution in [2.24, 2.45) is 0 Å². The lowest BCUT2D eigenvalue weighted by Gasteiger charge is -2.14. The van der Waals surface area contributed by atoms with Gasteiger partial charge in [0, 0.05) is 29.5 Å². The number of hydrogen-bond acceptors (Lipinski definition) is 2. The summed E-state index contributed by atoms with van der Waals surface area (Å²) < 4.78 is 1.11. The van der Waals surface area contributed by atoms with Crippen LogP contribution in [-0.4, -0.2) is 4.98 Å². The first kappa shape index (κ1) is 12.3. The lowest BCUT2D eigenvalue weighted by molar-refractivity contribution is 0.574. The molecular weight excluding hydrogens is 276 g/mol. The zero-order chi connectivity index (χ0) is 12.1. The predicted octanol–water partition coefficient (Wildman–Crippen LogP) is 3.69. The molecule has 2 rings (SSSR count). The molecule has 0 radical (unpaired) electrons. The first-order valence-electron chi connectivity index (χ1n) is 5.63. The van der Waals surface area contributed by atoms with E-state index in [0.717, 1.165) is 11.0 Å². The molecule has 0 fully saturated rings. The largest absolute Gasteiger partial charge is 0.306 e. The van der Waals surface area contributed by atoms with Gasteiger partial charge in [-0.15, -0.1) is 0 Å². The zero-order valence-corrected chi connectivity index (χ0v) is 11.3. The van der Waals surface area contributed by atoms with E-state index in [-0.39, 0.29) is 0 Å². The van der Waals surface area contributed by atoms with Crippen LogP contribution in [0.25, 0.3) is 0 Å². The van der Waals surface area contributed by atoms with Crippen LogP contribution in [-0.2, 0) is 6.54 Å². The molecule has 88 valence electrons. The molecule has 0 spiro atoms. The minimum Gasteiger partial charge on any atom is -0.306 e. The maximum absolute atomic E-state index is 4.02. The van der Waals surface area contributed by atoms with Gasteiger partial charge in [-0.1, -0.05) is 28.1 Å². The number of nitrogens with one attached hydrogen (secondary N) is 1. The van der Waals surface area contributed by atoms with Crippen molar-refractivity contribution in [3.05, 3.63) is 64.4 Å². The number of nitrogens with zero attached hydrogens (tertiary/aromatic N) is 1. The van der Waals surface area contributed by atoms with Crippen molar-refractivity contribution >= 4 is 15.9 Å². The molecule has 0 saturated heterocycles. The van der Waals surface area contributed by atoms with Gasteiger partial charge in [-0.2, -0.15) is 0 Å². The maximum atomic E-state index is 4.02. The summed E-state index contributed by atoms with van der Waals surface area (Å²) in [6.07, 6.45) is 3.65. The number of rotatable bonds is 4. The smallest absolute Gasteiger partial charge is 0.0296 e. The van der Waals surface area contributed by atoms with E-state index >= 15 is 0 Å². The van der Waals surface area contributed by atoms with Crippen molar-refractivity contribution in [2.45, 2.75) is 19.5 Å². The van der Waals surface area contributed by atoms with Crippen molar-refractivity contribution in [1.82, 2.24) is 10.3 Å². The Bertz CT molecular complexity index is 453. The minimum atomic E-state index is 0.335. The van der Waals surface area contributed by atoms with Crippen LogP contribution in [0.2, 0.25) is 0 Å². The zero-order valence-electron chi connectivity index (χ0n) is 9.73. The lowest BCUT2D eigenvalue weighted by Crippen LogP contribution is -2.17. The Balaban J connectivity index is 1.92. The summed E-state index contributed by atoms with van der Waals surface area (Å²) in [4.78, 5) is 4.02. The van der Waals surface area contributed by atoms with Crippen molar-refractivity contribution < 1.29 is 0 Å². The van der Waals surface area contributed by atoms with Gasteiger partial charge in [-0.3, -0.25) is 4.98 Å². The number of hydrogen-bond donors (Lipinski definition) is 1. The monoisotopic (exact) mass is 290 g/mol. The molecule has 0 bridgehead atoms. The molecule has 0 unspecified atom stereocenters. The fourth-order valence-corrected chi connectivity index (χ4v) is 1.91. The molecule has 0 aliphatic carbocycles. The highest BCUT2D eigenvalue weighted by molar-refractivity contribution is 9.10. The van der Waals surface area contributed by atoms with Gasteiger partial charge < -0.3 is 5.32 Å². The second-order valence-electron chi connectivity index (χ2n) is 4.01. The normalized spacial score (nSPS) is 12.4. The van der Waals surface area contributed by atoms with E-state index in [4.69, 9.17) is 0 Å². The van der Waals surface area contributed by atoms with Gasteiger partial charge in [-0.05, 0) is 42.3 Å². The van der Waals surface area contributed by atoms with E-state index in [1.807, 2.05) is 24.5 Å². The van der Waals surface area contributed by atoms with Crippen molar-refractivity contribution in [3.8, 4) is 0 Å². The van der Waals surface area contributed by atoms with E-state index in [0.29, 0.717) is 6.04 Å². The van der Waals surface area contributed by atoms with Crippen LogP contribution in [0, 0.1) is 0 Å². The second-order valence-corrected chi connectivity index (χ2v) is 4.93. The first-order chi connectivity index (χ1) is 8.25. The molecule has 2 nitrogen and oxygen atoms in total. The molecule has 3 heteroatoms. The highest BCUT2D eigenvalue weighted by Crippen LogP contribution is 2.13. The van der Waals surface area contributed by atoms with Crippen molar-refractivity contribution in [1.29, 1.82) is 0 Å². The number of aromatic nitrogens is 1. The topological polar surface area (TPSA) is 24.9 Å². The van der Waals surface area contributed by atoms with E-state index in [9.17, 15) is 0 Å². The van der Waals surface area contributed by atoms with Crippen molar-refractivity contribution in [3.63, 3.8) is 0 Å². The maximum Gasteiger partial charge on any atom is 0.0296 e. The predicted molar refractivity (Wildman–Crippen MR) is 73.6 cm³/mol. The Labute approximate surface area is 110 Å². The highest BCUT2D eigenvalue weighted by Gasteiger charge is 2.03. The molecular formula is C14H15BrN2. The van der Waals surface area contributed by atoms with Crippen LogP contribution in [0.1, 0.15) is 24.1 Å². The molecule has 1 aromatic carbocycles. The number of halogens is 1. The van der Waals surface area contributed by atoms with Crippen LogP contribution in [0.3, 0.4) is 0 Å². The van der Waals surface area contributed by atoms with E-state index in [1.165, 1.54) is 11.1 Å². The van der Waals surface area contributed by atoms with Crippen LogP contribution in [0.4, 0.5) is 0 Å². The fourth-order valence-electron chi connectivity index (χ4n) is 1.64. The molecule has 2 aromatic rings. The van der Waals surface area contributed by atoms with E-state index < -0.39 is 0 Å². The van der Waals surface area contributed by atoms with Crippen LogP contribution >= 0.6 is 15.9 Å². The van der Waals surface area contributed by atoms with Crippen LogP contribution in [0.15, 0.2) is 53.3 Å². The molecule has 1 N–H and O–H groups in total. The summed E-state index contributed by atoms with van der Waals surface area (Å²) in [6, 6.07) is 12.8. The summed E-state index contributed by atoms with van der Waals surface area (Å²) >= 11 is 3.43. The summed E-state index contributed by atoms with van der Waals surface area (Å²) in [5.41, 5.74) is 2.55. The van der Waals surface area contributed by atoms with Crippen LogP contribution < -0.4 is 5.32 Å². The third-order valence-corrected chi connectivity index (χ3v) is 3.26. The Morgan fingerprint density at radius 1 is 1.12 bits per heavy atom. The van der Waals surface area contributed by atoms with Gasteiger partial charge in [0.25, 0.3) is 0 Å². The third kappa shape index (κ3) is 3.65. The van der Waals surface area contributed by atoms with Gasteiger partial charge in [0.05, 0.1) is 0 Å². The van der Waals surface area contributed by atoms with Gasteiger partial charge >= 0.3 is 0 Å². The summed E-state index contributed by atoms with van der Waals surface area (Å²) in [5.74, 6) is 0. The summed E-state index contributed by atoms with van der Waals surface area (Å²) in [5, 5.41) is 3.49. The average Bonchev–Trinajstić information content (AvgIpc) is 2.39. The van der Waals surface area contributed by atoms with Gasteiger partial charge in [-0.25, -0.2) is 0 Å². The lowest BCUT2D eigenvalue weighted by atomic mass is 10.1. The summed E-state index contributed by atoms with van der Waals surface area (Å²) in [6.45, 7) is 3.03. The first-order valence-corrected chi connectivity index (χ1v) is 6.43. The third-order valence-electron chi connectivity index (χ3n) is 2.73. The van der Waals surface area contributed by atoms with Gasteiger partial charge in [0.2, 0.25) is 0 Å². The molecule has 0 aliphatic rings. The molecule has 1 atom stereocenters. The standard InChI is InChI=1S/C14H15BrN2/c1-11(13-6-8-16-9-7-13)17-10-12-2-4-14(15)5-3-12/h2-9,11,17H,10H2,1H3/t11-/m1/s1. The SMILES string of the molecule is C[C@@H](NCc1ccc(Br)cc1)c1ccncc1. The van der Waals surface area contributed by atoms with E-state index in [1.54, 1.807) is 0 Å². The number of pyridine rings is 1. The van der Waals surface area contributed by atoms with Crippen molar-refractivity contribution in [2.75, 3.05) is 0 Å². The number of benzene rings is 1. The Morgan fingerprint density at radius 3 is 2.41 bits per heavy atom. The van der Waals surface area contributed by atoms with Gasteiger partial charge in [0.15, 0.2) is 0 Å². The molecule has 0 saturated carbocycles. The van der Waals surface area contributed by atoms with Gasteiger partial charge in [0.1, 0.15) is 0 Å². The Morgan fingerprint density at radius 2 is 1.76 bits per heavy atom. The Hall–Kier alpha value is -1.19. The molecule has 17 heavy (non-hydrogen) atoms. The van der Waals surface area contributed by atoms with Crippen LogP contribution in [0.5, 0.6) is 0 Å². The average molecular weight is 291 g/mol. The Kier molecular flexibility index (Phi) is 4.29. The second kappa shape index (κ2) is 5.94. The quantitative estimate of drug-likeness (QED) is 0.929. The molecule has 1 aromatic heterocycles. The molecule has 1 heterocycles. The van der Waals surface area contributed by atoms with E-state index in [2.05, 4.69) is 57.4 Å². The molecule has 0 amide bonds.